The lowest BCUT2D eigenvalue weighted by atomic mass is 9.94. The minimum Gasteiger partial charge on any atom is -0.377 e. The number of rotatable bonds is 4. The normalized spacial score (nSPS) is 16.5. The number of carbonyl (C=O) groups excluding carboxylic acids is 2. The quantitative estimate of drug-likeness (QED) is 0.811. The lowest BCUT2D eigenvalue weighted by Gasteiger charge is -2.36. The van der Waals surface area contributed by atoms with Gasteiger partial charge in [0.25, 0.3) is 0 Å². The largest absolute Gasteiger partial charge is 0.377 e. The van der Waals surface area contributed by atoms with Crippen molar-refractivity contribution in [2.75, 3.05) is 13.2 Å². The third-order valence-corrected chi connectivity index (χ3v) is 2.88. The van der Waals surface area contributed by atoms with Gasteiger partial charge in [0, 0.05) is 6.42 Å². The average Bonchev–Trinajstić information content (AvgIpc) is 2.30. The van der Waals surface area contributed by atoms with Crippen LogP contribution >= 0.6 is 0 Å². The maximum atomic E-state index is 13.3. The number of hydrogen-bond donors (Lipinski definition) is 2. The first-order chi connectivity index (χ1) is 8.98. The van der Waals surface area contributed by atoms with Gasteiger partial charge in [-0.1, -0.05) is 18.2 Å². The third kappa shape index (κ3) is 3.59. The van der Waals surface area contributed by atoms with Gasteiger partial charge in [-0.25, -0.2) is 4.39 Å². The number of hydrogen-bond acceptors (Lipinski definition) is 4. The zero-order valence-electron chi connectivity index (χ0n) is 10.3. The topological polar surface area (TPSA) is 81.4 Å². The van der Waals surface area contributed by atoms with Crippen molar-refractivity contribution in [2.24, 2.45) is 5.73 Å². The molecule has 1 heterocycles. The molecule has 6 heteroatoms. The Bertz CT molecular complexity index is 500. The molecule has 0 aromatic heterocycles. The van der Waals surface area contributed by atoms with Gasteiger partial charge in [0.05, 0.1) is 25.2 Å². The Morgan fingerprint density at radius 1 is 1.32 bits per heavy atom. The van der Waals surface area contributed by atoms with Gasteiger partial charge in [0.2, 0.25) is 11.8 Å². The Kier molecular flexibility index (Phi) is 3.92. The highest BCUT2D eigenvalue weighted by Gasteiger charge is 2.36. The van der Waals surface area contributed by atoms with Crippen LogP contribution < -0.4 is 11.1 Å². The van der Waals surface area contributed by atoms with Crippen LogP contribution in [0, 0.1) is 5.82 Å². The number of nitrogens with one attached hydrogen (secondary N) is 1. The summed E-state index contributed by atoms with van der Waals surface area (Å²) >= 11 is 0. The summed E-state index contributed by atoms with van der Waals surface area (Å²) < 4.78 is 18.2. The highest BCUT2D eigenvalue weighted by Crippen LogP contribution is 2.17. The molecule has 0 aliphatic carbocycles. The Labute approximate surface area is 109 Å². The molecule has 0 radical (unpaired) electrons. The molecule has 5 nitrogen and oxygen atoms in total. The molecule has 0 spiro atoms. The third-order valence-electron chi connectivity index (χ3n) is 2.88. The molecule has 0 bridgehead atoms. The van der Waals surface area contributed by atoms with Gasteiger partial charge in [0.1, 0.15) is 5.82 Å². The van der Waals surface area contributed by atoms with E-state index in [0.29, 0.717) is 13.2 Å². The molecular weight excluding hydrogens is 251 g/mol. The maximum absolute atomic E-state index is 13.3. The van der Waals surface area contributed by atoms with Gasteiger partial charge in [0.15, 0.2) is 0 Å². The van der Waals surface area contributed by atoms with Gasteiger partial charge in [-0.15, -0.1) is 0 Å². The molecule has 2 amide bonds. The highest BCUT2D eigenvalue weighted by atomic mass is 19.1. The van der Waals surface area contributed by atoms with Gasteiger partial charge in [-0.2, -0.15) is 0 Å². The fraction of sp³-hybridized carbons (Fsp3) is 0.385. The smallest absolute Gasteiger partial charge is 0.231 e. The number of halogens is 1. The molecule has 1 aliphatic rings. The fourth-order valence-corrected chi connectivity index (χ4v) is 1.84. The number of amides is 2. The first-order valence-electron chi connectivity index (χ1n) is 5.91. The van der Waals surface area contributed by atoms with Crippen molar-refractivity contribution >= 4 is 11.8 Å². The molecule has 0 atom stereocenters. The second-order valence-corrected chi connectivity index (χ2v) is 4.77. The Hall–Kier alpha value is -1.79. The average molecular weight is 266 g/mol. The zero-order chi connectivity index (χ0) is 13.9. The van der Waals surface area contributed by atoms with E-state index in [-0.39, 0.29) is 18.4 Å². The Morgan fingerprint density at radius 2 is 2.00 bits per heavy atom. The summed E-state index contributed by atoms with van der Waals surface area (Å²) in [5.41, 5.74) is 5.37. The molecule has 3 N–H and O–H groups in total. The van der Waals surface area contributed by atoms with E-state index in [9.17, 15) is 14.0 Å². The predicted molar refractivity (Wildman–Crippen MR) is 65.6 cm³/mol. The summed E-state index contributed by atoms with van der Waals surface area (Å²) in [7, 11) is 0. The van der Waals surface area contributed by atoms with Crippen molar-refractivity contribution in [1.82, 2.24) is 5.32 Å². The molecule has 1 aromatic carbocycles. The molecule has 1 saturated heterocycles. The minimum absolute atomic E-state index is 0.0238. The summed E-state index contributed by atoms with van der Waals surface area (Å²) in [6, 6.07) is 5.94. The molecule has 0 unspecified atom stereocenters. The number of nitrogens with two attached hydrogens (primary N) is 1. The fourth-order valence-electron chi connectivity index (χ4n) is 1.84. The van der Waals surface area contributed by atoms with Gasteiger partial charge in [-0.3, -0.25) is 14.9 Å². The van der Waals surface area contributed by atoms with Crippen LogP contribution in [-0.2, 0) is 20.7 Å². The number of ether oxygens (including phenoxy) is 1. The molecule has 102 valence electrons. The lowest BCUT2D eigenvalue weighted by molar-refractivity contribution is -0.134. The standard InChI is InChI=1S/C13H15FN2O3/c14-10-4-2-1-3-9(10)5-11(17)16-12(18)6-13(15)7-19-8-13/h1-4H,5-8,15H2,(H,16,17,18). The van der Waals surface area contributed by atoms with E-state index in [1.165, 1.54) is 18.2 Å². The van der Waals surface area contributed by atoms with Crippen LogP contribution in [0.5, 0.6) is 0 Å². The van der Waals surface area contributed by atoms with E-state index < -0.39 is 23.2 Å². The molecular formula is C13H15FN2O3. The van der Waals surface area contributed by atoms with Crippen LogP contribution in [0.25, 0.3) is 0 Å². The number of carbonyl (C=O) groups is 2. The molecule has 1 aromatic rings. The maximum Gasteiger partial charge on any atom is 0.231 e. The summed E-state index contributed by atoms with van der Waals surface area (Å²) in [5, 5.41) is 2.20. The SMILES string of the molecule is NC1(CC(=O)NC(=O)Cc2ccccc2F)COC1. The van der Waals surface area contributed by atoms with Crippen LogP contribution in [-0.4, -0.2) is 30.6 Å². The predicted octanol–water partition coefficient (Wildman–Crippen LogP) is 0.129. The Balaban J connectivity index is 1.84. The summed E-state index contributed by atoms with van der Waals surface area (Å²) in [6.07, 6.45) is -0.150. The summed E-state index contributed by atoms with van der Waals surface area (Å²) in [5.74, 6) is -1.47. The monoisotopic (exact) mass is 266 g/mol. The van der Waals surface area contributed by atoms with E-state index in [2.05, 4.69) is 5.32 Å². The molecule has 1 fully saturated rings. The van der Waals surface area contributed by atoms with Crippen molar-refractivity contribution < 1.29 is 18.7 Å². The first kappa shape index (κ1) is 13.6. The van der Waals surface area contributed by atoms with Crippen molar-refractivity contribution in [1.29, 1.82) is 0 Å². The van der Waals surface area contributed by atoms with E-state index >= 15 is 0 Å². The van der Waals surface area contributed by atoms with Crippen molar-refractivity contribution in [2.45, 2.75) is 18.4 Å². The highest BCUT2D eigenvalue weighted by molar-refractivity contribution is 5.96. The minimum atomic E-state index is -0.678. The van der Waals surface area contributed by atoms with E-state index in [0.717, 1.165) is 0 Å². The van der Waals surface area contributed by atoms with Gasteiger partial charge >= 0.3 is 0 Å². The number of imide groups is 1. The van der Waals surface area contributed by atoms with Crippen molar-refractivity contribution in [3.05, 3.63) is 35.6 Å². The molecule has 0 saturated carbocycles. The van der Waals surface area contributed by atoms with Crippen molar-refractivity contribution in [3.8, 4) is 0 Å². The van der Waals surface area contributed by atoms with E-state index in [4.69, 9.17) is 10.5 Å². The van der Waals surface area contributed by atoms with Crippen LogP contribution in [0.3, 0.4) is 0 Å². The zero-order valence-corrected chi connectivity index (χ0v) is 10.3. The molecule has 19 heavy (non-hydrogen) atoms. The van der Waals surface area contributed by atoms with Gasteiger partial charge < -0.3 is 10.5 Å². The second-order valence-electron chi connectivity index (χ2n) is 4.77. The summed E-state index contributed by atoms with van der Waals surface area (Å²) in [6.45, 7) is 0.615. The Morgan fingerprint density at radius 3 is 2.58 bits per heavy atom. The van der Waals surface area contributed by atoms with Crippen molar-refractivity contribution in [3.63, 3.8) is 0 Å². The van der Waals surface area contributed by atoms with Crippen LogP contribution in [0.15, 0.2) is 24.3 Å². The molecule has 2 rings (SSSR count). The number of benzene rings is 1. The van der Waals surface area contributed by atoms with Crippen LogP contribution in [0.1, 0.15) is 12.0 Å². The lowest BCUT2D eigenvalue weighted by Crippen LogP contribution is -2.59. The van der Waals surface area contributed by atoms with Crippen LogP contribution in [0.2, 0.25) is 0 Å². The van der Waals surface area contributed by atoms with E-state index in [1.54, 1.807) is 6.07 Å². The summed E-state index contributed by atoms with van der Waals surface area (Å²) in [4.78, 5) is 23.2. The van der Waals surface area contributed by atoms with Crippen LogP contribution in [0.4, 0.5) is 4.39 Å². The second kappa shape index (κ2) is 5.46. The molecule has 1 aliphatic heterocycles. The first-order valence-corrected chi connectivity index (χ1v) is 5.91. The van der Waals surface area contributed by atoms with Gasteiger partial charge in [-0.05, 0) is 11.6 Å². The van der Waals surface area contributed by atoms with E-state index in [1.807, 2.05) is 0 Å².